The first-order valence-corrected chi connectivity index (χ1v) is 16.0. The lowest BCUT2D eigenvalue weighted by Crippen LogP contribution is -2.46. The topological polar surface area (TPSA) is 74.2 Å². The summed E-state index contributed by atoms with van der Waals surface area (Å²) >= 11 is 1.60. The minimum Gasteiger partial charge on any atom is -0.354 e. The van der Waals surface area contributed by atoms with Crippen LogP contribution in [0, 0.1) is 0 Å². The van der Waals surface area contributed by atoms with E-state index in [0.717, 1.165) is 66.2 Å². The van der Waals surface area contributed by atoms with Gasteiger partial charge in [-0.2, -0.15) is 0 Å². The Morgan fingerprint density at radius 1 is 0.773 bits per heavy atom. The number of nitrogens with one attached hydrogen (secondary N) is 1. The third-order valence-corrected chi connectivity index (χ3v) is 8.58. The molecular weight excluding hydrogens is 565 g/mol. The molecule has 3 heterocycles. The maximum absolute atomic E-state index is 12.8. The lowest BCUT2D eigenvalue weighted by molar-refractivity contribution is 0.0954. The van der Waals surface area contributed by atoms with Gasteiger partial charge in [-0.1, -0.05) is 90.6 Å². The fourth-order valence-electron chi connectivity index (χ4n) is 5.28. The van der Waals surface area contributed by atoms with Gasteiger partial charge in [-0.15, -0.1) is 0 Å². The van der Waals surface area contributed by atoms with Crippen LogP contribution in [0.25, 0.3) is 11.3 Å². The maximum Gasteiger partial charge on any atom is 0.251 e. The van der Waals surface area contributed by atoms with Crippen molar-refractivity contribution in [1.29, 1.82) is 0 Å². The first-order chi connectivity index (χ1) is 21.7. The quantitative estimate of drug-likeness (QED) is 0.145. The minimum absolute atomic E-state index is 0.0798. The Bertz CT molecular complexity index is 1640. The normalized spacial score (nSPS) is 13.5. The molecule has 1 fully saturated rings. The molecule has 0 aliphatic carbocycles. The summed E-state index contributed by atoms with van der Waals surface area (Å²) in [6.45, 7) is 5.31. The van der Waals surface area contributed by atoms with Crippen molar-refractivity contribution in [3.63, 3.8) is 0 Å². The standard InChI is InChI=1S/C36H36N6OS/c43-35(38-19-17-32-16-7-8-18-37-32)31-15-9-12-29(24-31)27-44-36-39-33(30-13-5-2-6-14-30)25-34(40-36)42-22-20-41(21-23-42)26-28-10-3-1-4-11-28/h1-16,18,24-25H,17,19-23,26-27H2,(H,38,43). The lowest BCUT2D eigenvalue weighted by atomic mass is 10.1. The number of nitrogens with zero attached hydrogens (tertiary/aromatic N) is 5. The van der Waals surface area contributed by atoms with Gasteiger partial charge >= 0.3 is 0 Å². The SMILES string of the molecule is O=C(NCCc1ccccn1)c1cccc(CSc2nc(-c3ccccc3)cc(N3CCN(Cc4ccccc4)CC3)n2)c1. The van der Waals surface area contributed by atoms with Crippen molar-refractivity contribution in [2.24, 2.45) is 0 Å². The van der Waals surface area contributed by atoms with Gasteiger partial charge in [0.25, 0.3) is 5.91 Å². The van der Waals surface area contributed by atoms with Crippen LogP contribution in [0.4, 0.5) is 5.82 Å². The van der Waals surface area contributed by atoms with E-state index in [4.69, 9.17) is 9.97 Å². The zero-order valence-electron chi connectivity index (χ0n) is 24.7. The molecule has 44 heavy (non-hydrogen) atoms. The smallest absolute Gasteiger partial charge is 0.251 e. The van der Waals surface area contributed by atoms with Crippen LogP contribution in [0.1, 0.15) is 27.2 Å². The summed E-state index contributed by atoms with van der Waals surface area (Å²) in [6.07, 6.45) is 2.47. The fraction of sp³-hybridized carbons (Fsp3) is 0.222. The van der Waals surface area contributed by atoms with Gasteiger partial charge in [0.1, 0.15) is 5.82 Å². The molecule has 0 radical (unpaired) electrons. The molecule has 0 saturated carbocycles. The summed E-state index contributed by atoms with van der Waals surface area (Å²) in [7, 11) is 0. The third kappa shape index (κ3) is 8.09. The second kappa shape index (κ2) is 14.8. The van der Waals surface area contributed by atoms with Gasteiger partial charge < -0.3 is 10.2 Å². The number of hydrogen-bond donors (Lipinski definition) is 1. The van der Waals surface area contributed by atoms with Gasteiger partial charge in [0, 0.05) is 80.5 Å². The number of carbonyl (C=O) groups excluding carboxylic acids is 1. The fourth-order valence-corrected chi connectivity index (χ4v) is 6.07. The van der Waals surface area contributed by atoms with E-state index in [-0.39, 0.29) is 5.91 Å². The summed E-state index contributed by atoms with van der Waals surface area (Å²) in [4.78, 5) is 32.0. The number of benzene rings is 3. The molecule has 0 spiro atoms. The molecule has 1 N–H and O–H groups in total. The number of aromatic nitrogens is 3. The molecule has 1 amide bonds. The summed E-state index contributed by atoms with van der Waals surface area (Å²) in [5, 5.41) is 3.75. The molecule has 0 unspecified atom stereocenters. The van der Waals surface area contributed by atoms with Crippen LogP contribution >= 0.6 is 11.8 Å². The molecule has 1 saturated heterocycles. The molecule has 1 aliphatic rings. The summed E-state index contributed by atoms with van der Waals surface area (Å²) in [5.41, 5.74) is 6.01. The number of pyridine rings is 1. The highest BCUT2D eigenvalue weighted by Crippen LogP contribution is 2.28. The molecule has 222 valence electrons. The molecule has 0 bridgehead atoms. The zero-order chi connectivity index (χ0) is 30.0. The van der Waals surface area contributed by atoms with Crippen LogP contribution in [-0.2, 0) is 18.7 Å². The summed E-state index contributed by atoms with van der Waals surface area (Å²) in [5.74, 6) is 1.54. The van der Waals surface area contributed by atoms with E-state index in [9.17, 15) is 4.79 Å². The van der Waals surface area contributed by atoms with E-state index in [1.165, 1.54) is 5.56 Å². The van der Waals surface area contributed by atoms with Crippen LogP contribution in [0.5, 0.6) is 0 Å². The van der Waals surface area contributed by atoms with E-state index < -0.39 is 0 Å². The van der Waals surface area contributed by atoms with Crippen molar-refractivity contribution < 1.29 is 4.79 Å². The number of piperazine rings is 1. The largest absolute Gasteiger partial charge is 0.354 e. The zero-order valence-corrected chi connectivity index (χ0v) is 25.5. The number of hydrogen-bond acceptors (Lipinski definition) is 7. The Kier molecular flexibility index (Phi) is 9.92. The van der Waals surface area contributed by atoms with Crippen LogP contribution in [-0.4, -0.2) is 58.5 Å². The van der Waals surface area contributed by atoms with Gasteiger partial charge in [-0.3, -0.25) is 14.7 Å². The third-order valence-electron chi connectivity index (χ3n) is 7.66. The lowest BCUT2D eigenvalue weighted by Gasteiger charge is -2.35. The van der Waals surface area contributed by atoms with Crippen molar-refractivity contribution in [2.75, 3.05) is 37.6 Å². The molecular formula is C36H36N6OS. The van der Waals surface area contributed by atoms with Crippen LogP contribution in [0.2, 0.25) is 0 Å². The van der Waals surface area contributed by atoms with E-state index in [1.807, 2.05) is 60.7 Å². The summed E-state index contributed by atoms with van der Waals surface area (Å²) in [6, 6.07) is 36.7. The maximum atomic E-state index is 12.8. The highest BCUT2D eigenvalue weighted by atomic mass is 32.2. The Morgan fingerprint density at radius 2 is 1.52 bits per heavy atom. The Labute approximate surface area is 263 Å². The van der Waals surface area contributed by atoms with Gasteiger partial charge in [0.05, 0.1) is 5.69 Å². The van der Waals surface area contributed by atoms with E-state index in [0.29, 0.717) is 24.3 Å². The Morgan fingerprint density at radius 3 is 2.30 bits per heavy atom. The molecule has 1 aliphatic heterocycles. The van der Waals surface area contributed by atoms with E-state index in [2.05, 4.69) is 68.6 Å². The Hall–Kier alpha value is -4.53. The average Bonchev–Trinajstić information content (AvgIpc) is 3.09. The van der Waals surface area contributed by atoms with Gasteiger partial charge in [0.2, 0.25) is 0 Å². The van der Waals surface area contributed by atoms with Gasteiger partial charge in [0.15, 0.2) is 5.16 Å². The number of rotatable bonds is 11. The van der Waals surface area contributed by atoms with Crippen molar-refractivity contribution in [3.05, 3.63) is 138 Å². The molecule has 6 rings (SSSR count). The van der Waals surface area contributed by atoms with Crippen molar-refractivity contribution in [1.82, 2.24) is 25.2 Å². The summed E-state index contributed by atoms with van der Waals surface area (Å²) < 4.78 is 0. The average molecular weight is 601 g/mol. The van der Waals surface area contributed by atoms with Crippen LogP contribution in [0.15, 0.2) is 121 Å². The molecule has 0 atom stereocenters. The van der Waals surface area contributed by atoms with Crippen molar-refractivity contribution in [2.45, 2.75) is 23.9 Å². The van der Waals surface area contributed by atoms with Gasteiger partial charge in [-0.05, 0) is 35.4 Å². The number of anilines is 1. The van der Waals surface area contributed by atoms with E-state index in [1.54, 1.807) is 18.0 Å². The molecule has 8 heteroatoms. The molecule has 5 aromatic rings. The Balaban J connectivity index is 1.11. The van der Waals surface area contributed by atoms with Crippen LogP contribution in [0.3, 0.4) is 0 Å². The first-order valence-electron chi connectivity index (χ1n) is 15.1. The first kappa shape index (κ1) is 29.5. The number of thioether (sulfide) groups is 1. The van der Waals surface area contributed by atoms with Gasteiger partial charge in [-0.25, -0.2) is 9.97 Å². The van der Waals surface area contributed by atoms with Crippen molar-refractivity contribution >= 4 is 23.5 Å². The number of amides is 1. The predicted molar refractivity (Wildman–Crippen MR) is 178 cm³/mol. The van der Waals surface area contributed by atoms with E-state index >= 15 is 0 Å². The molecule has 7 nitrogen and oxygen atoms in total. The highest BCUT2D eigenvalue weighted by Gasteiger charge is 2.20. The predicted octanol–water partition coefficient (Wildman–Crippen LogP) is 6.13. The van der Waals surface area contributed by atoms with Crippen LogP contribution < -0.4 is 10.2 Å². The molecule has 3 aromatic carbocycles. The second-order valence-electron chi connectivity index (χ2n) is 10.8. The second-order valence-corrected chi connectivity index (χ2v) is 11.8. The molecule has 2 aromatic heterocycles. The van der Waals surface area contributed by atoms with Crippen molar-refractivity contribution in [3.8, 4) is 11.3 Å². The number of carbonyl (C=O) groups is 1. The highest BCUT2D eigenvalue weighted by molar-refractivity contribution is 7.98. The monoisotopic (exact) mass is 600 g/mol. The minimum atomic E-state index is -0.0798.